The summed E-state index contributed by atoms with van der Waals surface area (Å²) in [7, 11) is 0. The number of rotatable bonds is 2. The maximum Gasteiger partial charge on any atom is 0.333 e. The molecule has 106 valence electrons. The number of hydrogen-bond acceptors (Lipinski definition) is 3. The first-order valence-electron chi connectivity index (χ1n) is 5.92. The summed E-state index contributed by atoms with van der Waals surface area (Å²) in [6, 6.07) is 9.50. The monoisotopic (exact) mass is 338 g/mol. The normalized spacial score (nSPS) is 16.7. The Morgan fingerprint density at radius 3 is 2.38 bits per heavy atom. The minimum Gasteiger partial charge on any atom is -0.302 e. The van der Waals surface area contributed by atoms with E-state index in [0.29, 0.717) is 15.0 Å². The molecule has 4 nitrogen and oxygen atoms in total. The van der Waals surface area contributed by atoms with Gasteiger partial charge in [0.15, 0.2) is 0 Å². The minimum absolute atomic E-state index is 0.216. The Hall–Kier alpha value is -1.82. The van der Waals surface area contributed by atoms with Gasteiger partial charge in [0.25, 0.3) is 5.91 Å². The van der Waals surface area contributed by atoms with Crippen LogP contribution in [0.5, 0.6) is 0 Å². The molecule has 21 heavy (non-hydrogen) atoms. The number of nitrogens with zero attached hydrogens (tertiary/aromatic N) is 1. The summed E-state index contributed by atoms with van der Waals surface area (Å²) in [4.78, 5) is 26.2. The summed E-state index contributed by atoms with van der Waals surface area (Å²) in [6.07, 6.45) is 1.60. The Balaban J connectivity index is 1.92. The fourth-order valence-electron chi connectivity index (χ4n) is 1.91. The van der Waals surface area contributed by atoms with Crippen molar-refractivity contribution in [2.75, 3.05) is 4.90 Å². The minimum atomic E-state index is -0.490. The van der Waals surface area contributed by atoms with Gasteiger partial charge in [0, 0.05) is 9.90 Å². The van der Waals surface area contributed by atoms with Crippen LogP contribution < -0.4 is 10.2 Å². The van der Waals surface area contributed by atoms with Gasteiger partial charge in [-0.25, -0.2) is 9.69 Å². The quantitative estimate of drug-likeness (QED) is 0.660. The van der Waals surface area contributed by atoms with Gasteiger partial charge in [-0.2, -0.15) is 0 Å². The Morgan fingerprint density at radius 1 is 1.05 bits per heavy atom. The molecule has 7 heteroatoms. The molecule has 0 aliphatic carbocycles. The molecule has 1 aromatic heterocycles. The van der Waals surface area contributed by atoms with E-state index in [9.17, 15) is 9.59 Å². The zero-order chi connectivity index (χ0) is 15.0. The SMILES string of the molecule is O=C1N/C(=C/c2ccc(Cl)s2)C(=O)N1c1ccc(Cl)cc1. The Labute approximate surface area is 134 Å². The van der Waals surface area contributed by atoms with Crippen molar-refractivity contribution in [1.82, 2.24) is 5.32 Å². The van der Waals surface area contributed by atoms with Crippen molar-refractivity contribution in [1.29, 1.82) is 0 Å². The van der Waals surface area contributed by atoms with Crippen molar-refractivity contribution in [2.24, 2.45) is 0 Å². The third-order valence-corrected chi connectivity index (χ3v) is 4.27. The van der Waals surface area contributed by atoms with Crippen LogP contribution in [-0.4, -0.2) is 11.9 Å². The van der Waals surface area contributed by atoms with Gasteiger partial charge < -0.3 is 5.32 Å². The van der Waals surface area contributed by atoms with Crippen LogP contribution >= 0.6 is 34.5 Å². The third-order valence-electron chi connectivity index (χ3n) is 2.84. The van der Waals surface area contributed by atoms with E-state index in [1.165, 1.54) is 11.3 Å². The van der Waals surface area contributed by atoms with E-state index < -0.39 is 11.9 Å². The van der Waals surface area contributed by atoms with Crippen LogP contribution in [0.4, 0.5) is 10.5 Å². The number of carbonyl (C=O) groups excluding carboxylic acids is 2. The van der Waals surface area contributed by atoms with Crippen LogP contribution in [0.25, 0.3) is 6.08 Å². The third kappa shape index (κ3) is 2.81. The van der Waals surface area contributed by atoms with Gasteiger partial charge in [-0.1, -0.05) is 23.2 Å². The molecule has 3 amide bonds. The largest absolute Gasteiger partial charge is 0.333 e. The molecule has 1 aliphatic rings. The fraction of sp³-hybridized carbons (Fsp3) is 0. The molecular formula is C14H8Cl2N2O2S. The van der Waals surface area contributed by atoms with Gasteiger partial charge in [-0.3, -0.25) is 4.79 Å². The number of thiophene rings is 1. The highest BCUT2D eigenvalue weighted by molar-refractivity contribution is 7.17. The zero-order valence-corrected chi connectivity index (χ0v) is 12.8. The number of urea groups is 1. The highest BCUT2D eigenvalue weighted by atomic mass is 35.5. The Kier molecular flexibility index (Phi) is 3.71. The first kappa shape index (κ1) is 14.1. The summed E-state index contributed by atoms with van der Waals surface area (Å²) >= 11 is 13.0. The fourth-order valence-corrected chi connectivity index (χ4v) is 3.04. The smallest absolute Gasteiger partial charge is 0.302 e. The van der Waals surface area contributed by atoms with E-state index in [2.05, 4.69) is 5.32 Å². The average molecular weight is 339 g/mol. The number of amides is 3. The predicted molar refractivity (Wildman–Crippen MR) is 84.8 cm³/mol. The number of anilines is 1. The van der Waals surface area contributed by atoms with E-state index in [-0.39, 0.29) is 5.70 Å². The standard InChI is InChI=1S/C14H8Cl2N2O2S/c15-8-1-3-9(4-2-8)18-13(19)11(17-14(18)20)7-10-5-6-12(16)21-10/h1-7H,(H,17,20)/b11-7+. The maximum atomic E-state index is 12.3. The number of hydrogen-bond donors (Lipinski definition) is 1. The lowest BCUT2D eigenvalue weighted by Crippen LogP contribution is -2.30. The first-order chi connectivity index (χ1) is 10.0. The molecule has 0 unspecified atom stereocenters. The molecule has 1 aliphatic heterocycles. The molecule has 0 spiro atoms. The zero-order valence-electron chi connectivity index (χ0n) is 10.5. The second-order valence-corrected chi connectivity index (χ2v) is 6.43. The van der Waals surface area contributed by atoms with Crippen LogP contribution in [0, 0.1) is 0 Å². The molecule has 1 N–H and O–H groups in total. The van der Waals surface area contributed by atoms with Crippen molar-refractivity contribution < 1.29 is 9.59 Å². The molecule has 3 rings (SSSR count). The summed E-state index contributed by atoms with van der Waals surface area (Å²) < 4.78 is 0.619. The maximum absolute atomic E-state index is 12.3. The molecule has 0 saturated carbocycles. The van der Waals surface area contributed by atoms with Crippen molar-refractivity contribution >= 4 is 58.2 Å². The van der Waals surface area contributed by atoms with Crippen molar-refractivity contribution in [3.8, 4) is 0 Å². The molecular weight excluding hydrogens is 331 g/mol. The second-order valence-electron chi connectivity index (χ2n) is 4.25. The summed E-state index contributed by atoms with van der Waals surface area (Å²) in [5, 5.41) is 3.09. The van der Waals surface area contributed by atoms with E-state index in [1.54, 1.807) is 42.5 Å². The molecule has 0 bridgehead atoms. The van der Waals surface area contributed by atoms with E-state index in [4.69, 9.17) is 23.2 Å². The van der Waals surface area contributed by atoms with Crippen molar-refractivity contribution in [3.63, 3.8) is 0 Å². The molecule has 2 heterocycles. The Bertz CT molecular complexity index is 753. The van der Waals surface area contributed by atoms with Crippen LogP contribution in [0.2, 0.25) is 9.36 Å². The predicted octanol–water partition coefficient (Wildman–Crippen LogP) is 4.15. The lowest BCUT2D eigenvalue weighted by molar-refractivity contribution is -0.113. The molecule has 1 aromatic carbocycles. The number of halogens is 2. The van der Waals surface area contributed by atoms with E-state index in [1.807, 2.05) is 0 Å². The van der Waals surface area contributed by atoms with Crippen LogP contribution in [0.1, 0.15) is 4.88 Å². The number of carbonyl (C=O) groups is 2. The van der Waals surface area contributed by atoms with E-state index >= 15 is 0 Å². The van der Waals surface area contributed by atoms with Crippen molar-refractivity contribution in [3.05, 3.63) is 56.3 Å². The topological polar surface area (TPSA) is 49.4 Å². The van der Waals surface area contributed by atoms with Crippen LogP contribution in [0.15, 0.2) is 42.1 Å². The number of imide groups is 1. The molecule has 2 aromatic rings. The van der Waals surface area contributed by atoms with Crippen LogP contribution in [-0.2, 0) is 4.79 Å². The van der Waals surface area contributed by atoms with Crippen molar-refractivity contribution in [2.45, 2.75) is 0 Å². The molecule has 1 saturated heterocycles. The van der Waals surface area contributed by atoms with Gasteiger partial charge in [0.05, 0.1) is 10.0 Å². The average Bonchev–Trinajstić information content (AvgIpc) is 2.96. The number of nitrogens with one attached hydrogen (secondary N) is 1. The first-order valence-corrected chi connectivity index (χ1v) is 7.50. The molecule has 1 fully saturated rings. The highest BCUT2D eigenvalue weighted by Crippen LogP contribution is 2.27. The Morgan fingerprint density at radius 2 is 1.76 bits per heavy atom. The second kappa shape index (κ2) is 5.52. The lowest BCUT2D eigenvalue weighted by Gasteiger charge is -2.11. The van der Waals surface area contributed by atoms with Crippen LogP contribution in [0.3, 0.4) is 0 Å². The summed E-state index contributed by atoms with van der Waals surface area (Å²) in [6.45, 7) is 0. The van der Waals surface area contributed by atoms with Gasteiger partial charge in [0.1, 0.15) is 5.70 Å². The molecule has 0 radical (unpaired) electrons. The highest BCUT2D eigenvalue weighted by Gasteiger charge is 2.34. The van der Waals surface area contributed by atoms with Gasteiger partial charge in [0.2, 0.25) is 0 Å². The summed E-state index contributed by atoms with van der Waals surface area (Å²) in [5.74, 6) is -0.410. The van der Waals surface area contributed by atoms with Gasteiger partial charge in [-0.05, 0) is 42.5 Å². The van der Waals surface area contributed by atoms with Gasteiger partial charge in [-0.15, -0.1) is 11.3 Å². The van der Waals surface area contributed by atoms with E-state index in [0.717, 1.165) is 9.78 Å². The number of benzene rings is 1. The van der Waals surface area contributed by atoms with Gasteiger partial charge >= 0.3 is 6.03 Å². The lowest BCUT2D eigenvalue weighted by atomic mass is 10.3. The molecule has 0 atom stereocenters. The summed E-state index contributed by atoms with van der Waals surface area (Å²) in [5.41, 5.74) is 0.683.